The van der Waals surface area contributed by atoms with Gasteiger partial charge in [0.15, 0.2) is 0 Å². The van der Waals surface area contributed by atoms with Crippen LogP contribution in [0.4, 0.5) is 5.69 Å². The van der Waals surface area contributed by atoms with E-state index in [4.69, 9.17) is 27.7 Å². The zero-order chi connectivity index (χ0) is 21.1. The van der Waals surface area contributed by atoms with Crippen molar-refractivity contribution in [1.29, 1.82) is 0 Å². The smallest absolute Gasteiger partial charge is 0.241 e. The number of likely N-dealkylation sites (tertiary alicyclic amines) is 1. The quantitative estimate of drug-likeness (QED) is 0.480. The van der Waals surface area contributed by atoms with E-state index < -0.39 is 0 Å². The van der Waals surface area contributed by atoms with Crippen LogP contribution >= 0.6 is 39.1 Å². The predicted octanol–water partition coefficient (Wildman–Crippen LogP) is 5.66. The number of hydrogen-bond donors (Lipinski definition) is 1. The Morgan fingerprint density at radius 3 is 2.77 bits per heavy atom. The van der Waals surface area contributed by atoms with E-state index in [1.165, 1.54) is 0 Å². The Morgan fingerprint density at radius 1 is 1.20 bits per heavy atom. The summed E-state index contributed by atoms with van der Waals surface area (Å²) in [6.07, 6.45) is 1.75. The Bertz CT molecular complexity index is 1040. The summed E-state index contributed by atoms with van der Waals surface area (Å²) >= 11 is 15.4. The lowest BCUT2D eigenvalue weighted by Crippen LogP contribution is -2.40. The Balaban J connectivity index is 1.36. The van der Waals surface area contributed by atoms with Crippen LogP contribution in [0.15, 0.2) is 51.5 Å². The van der Waals surface area contributed by atoms with Crippen molar-refractivity contribution in [2.45, 2.75) is 19.4 Å². The van der Waals surface area contributed by atoms with Crippen molar-refractivity contribution in [1.82, 2.24) is 15.0 Å². The van der Waals surface area contributed by atoms with Crippen LogP contribution in [0.3, 0.4) is 0 Å². The molecule has 1 saturated heterocycles. The first-order valence-electron chi connectivity index (χ1n) is 9.55. The molecule has 0 saturated carbocycles. The predicted molar refractivity (Wildman–Crippen MR) is 121 cm³/mol. The first kappa shape index (κ1) is 21.3. The van der Waals surface area contributed by atoms with Crippen molar-refractivity contribution < 1.29 is 9.32 Å². The zero-order valence-corrected chi connectivity index (χ0v) is 19.0. The van der Waals surface area contributed by atoms with Crippen LogP contribution in [0.5, 0.6) is 0 Å². The summed E-state index contributed by atoms with van der Waals surface area (Å²) in [4.78, 5) is 19.4. The minimum Gasteiger partial charge on any atom is -0.338 e. The second-order valence-electron chi connectivity index (χ2n) is 7.21. The van der Waals surface area contributed by atoms with Gasteiger partial charge in [-0.15, -0.1) is 0 Å². The molecule has 1 fully saturated rings. The molecule has 1 atom stereocenters. The van der Waals surface area contributed by atoms with Gasteiger partial charge in [-0.3, -0.25) is 9.69 Å². The lowest BCUT2D eigenvalue weighted by molar-refractivity contribution is -0.121. The van der Waals surface area contributed by atoms with Gasteiger partial charge in [-0.05, 0) is 61.9 Å². The SMILES string of the molecule is O=C(Nc1ccc(Cl)c(Cl)c1)C1CCCN(Cc2nc(-c3ccc(Br)cc3)no2)C1. The van der Waals surface area contributed by atoms with Gasteiger partial charge in [0.2, 0.25) is 17.6 Å². The molecule has 9 heteroatoms. The Hall–Kier alpha value is -1.93. The fourth-order valence-electron chi connectivity index (χ4n) is 3.46. The van der Waals surface area contributed by atoms with Crippen LogP contribution in [0.1, 0.15) is 18.7 Å². The monoisotopic (exact) mass is 508 g/mol. The van der Waals surface area contributed by atoms with Crippen LogP contribution in [0, 0.1) is 5.92 Å². The number of rotatable bonds is 5. The standard InChI is InChI=1S/C21H19BrCl2N4O2/c22-15-5-3-13(4-6-15)20-26-19(30-27-20)12-28-9-1-2-14(11-28)21(29)25-16-7-8-17(23)18(24)10-16/h3-8,10,14H,1-2,9,11-12H2,(H,25,29). The molecule has 6 nitrogen and oxygen atoms in total. The summed E-state index contributed by atoms with van der Waals surface area (Å²) in [5, 5.41) is 7.88. The van der Waals surface area contributed by atoms with Gasteiger partial charge < -0.3 is 9.84 Å². The second kappa shape index (κ2) is 9.47. The minimum absolute atomic E-state index is 0.0285. The maximum Gasteiger partial charge on any atom is 0.241 e. The molecule has 0 radical (unpaired) electrons. The first-order valence-corrected chi connectivity index (χ1v) is 11.1. The number of benzene rings is 2. The summed E-state index contributed by atoms with van der Waals surface area (Å²) in [5.41, 5.74) is 1.54. The number of aromatic nitrogens is 2. The van der Waals surface area contributed by atoms with Gasteiger partial charge in [0.25, 0.3) is 0 Å². The van der Waals surface area contributed by atoms with Crippen LogP contribution < -0.4 is 5.32 Å². The van der Waals surface area contributed by atoms with E-state index >= 15 is 0 Å². The molecule has 30 heavy (non-hydrogen) atoms. The maximum absolute atomic E-state index is 12.7. The van der Waals surface area contributed by atoms with E-state index in [2.05, 4.69) is 36.3 Å². The van der Waals surface area contributed by atoms with Gasteiger partial charge in [0, 0.05) is 22.3 Å². The number of hydrogen-bond acceptors (Lipinski definition) is 5. The lowest BCUT2D eigenvalue weighted by Gasteiger charge is -2.30. The lowest BCUT2D eigenvalue weighted by atomic mass is 9.97. The molecule has 4 rings (SSSR count). The average Bonchev–Trinajstić information content (AvgIpc) is 3.20. The number of carbonyl (C=O) groups excluding carboxylic acids is 1. The normalized spacial score (nSPS) is 17.1. The molecule has 1 N–H and O–H groups in total. The summed E-state index contributed by atoms with van der Waals surface area (Å²) in [7, 11) is 0. The van der Waals surface area contributed by atoms with E-state index in [0.29, 0.717) is 40.5 Å². The summed E-state index contributed by atoms with van der Waals surface area (Å²) in [5.74, 6) is 0.947. The number of nitrogens with one attached hydrogen (secondary N) is 1. The molecular formula is C21H19BrCl2N4O2. The largest absolute Gasteiger partial charge is 0.338 e. The maximum atomic E-state index is 12.7. The number of carbonyl (C=O) groups is 1. The summed E-state index contributed by atoms with van der Waals surface area (Å²) < 4.78 is 6.42. The van der Waals surface area contributed by atoms with Crippen molar-refractivity contribution in [3.8, 4) is 11.4 Å². The molecule has 2 heterocycles. The Kier molecular flexibility index (Phi) is 6.73. The molecule has 1 amide bonds. The highest BCUT2D eigenvalue weighted by Gasteiger charge is 2.27. The molecule has 0 bridgehead atoms. The highest BCUT2D eigenvalue weighted by atomic mass is 79.9. The van der Waals surface area contributed by atoms with E-state index in [1.54, 1.807) is 18.2 Å². The highest BCUT2D eigenvalue weighted by Crippen LogP contribution is 2.26. The number of halogens is 3. The fourth-order valence-corrected chi connectivity index (χ4v) is 4.02. The molecule has 3 aromatic rings. The third kappa shape index (κ3) is 5.21. The fraction of sp³-hybridized carbons (Fsp3) is 0.286. The number of amides is 1. The summed E-state index contributed by atoms with van der Waals surface area (Å²) in [6.45, 7) is 2.02. The van der Waals surface area contributed by atoms with Gasteiger partial charge >= 0.3 is 0 Å². The van der Waals surface area contributed by atoms with Crippen molar-refractivity contribution in [2.24, 2.45) is 5.92 Å². The van der Waals surface area contributed by atoms with Gasteiger partial charge in [0.05, 0.1) is 22.5 Å². The van der Waals surface area contributed by atoms with E-state index in [1.807, 2.05) is 24.3 Å². The molecule has 0 aliphatic carbocycles. The van der Waals surface area contributed by atoms with Crippen LogP contribution in [-0.4, -0.2) is 34.0 Å². The van der Waals surface area contributed by atoms with Gasteiger partial charge in [0.1, 0.15) is 0 Å². The van der Waals surface area contributed by atoms with E-state index in [0.717, 1.165) is 29.4 Å². The van der Waals surface area contributed by atoms with Gasteiger partial charge in [-0.25, -0.2) is 0 Å². The molecule has 1 unspecified atom stereocenters. The molecule has 2 aromatic carbocycles. The summed E-state index contributed by atoms with van der Waals surface area (Å²) in [6, 6.07) is 12.8. The number of nitrogens with zero attached hydrogens (tertiary/aromatic N) is 3. The van der Waals surface area contributed by atoms with Crippen LogP contribution in [0.2, 0.25) is 10.0 Å². The van der Waals surface area contributed by atoms with Crippen molar-refractivity contribution in [3.05, 3.63) is 62.9 Å². The second-order valence-corrected chi connectivity index (χ2v) is 8.94. The van der Waals surface area contributed by atoms with Gasteiger partial charge in [-0.1, -0.05) is 44.3 Å². The van der Waals surface area contributed by atoms with E-state index in [-0.39, 0.29) is 11.8 Å². The van der Waals surface area contributed by atoms with Crippen molar-refractivity contribution in [3.63, 3.8) is 0 Å². The molecule has 1 aromatic heterocycles. The highest BCUT2D eigenvalue weighted by molar-refractivity contribution is 9.10. The molecule has 1 aliphatic rings. The third-order valence-electron chi connectivity index (χ3n) is 4.99. The molecular weight excluding hydrogens is 491 g/mol. The zero-order valence-electron chi connectivity index (χ0n) is 15.9. The van der Waals surface area contributed by atoms with Crippen LogP contribution in [0.25, 0.3) is 11.4 Å². The van der Waals surface area contributed by atoms with Crippen LogP contribution in [-0.2, 0) is 11.3 Å². The number of piperidine rings is 1. The first-order chi connectivity index (χ1) is 14.5. The Morgan fingerprint density at radius 2 is 2.00 bits per heavy atom. The third-order valence-corrected chi connectivity index (χ3v) is 6.26. The minimum atomic E-state index is -0.123. The molecule has 0 spiro atoms. The number of anilines is 1. The van der Waals surface area contributed by atoms with Gasteiger partial charge in [-0.2, -0.15) is 4.98 Å². The molecule has 156 valence electrons. The van der Waals surface area contributed by atoms with Crippen molar-refractivity contribution >= 4 is 50.7 Å². The molecule has 1 aliphatic heterocycles. The average molecular weight is 510 g/mol. The Labute approximate surface area is 192 Å². The van der Waals surface area contributed by atoms with E-state index in [9.17, 15) is 4.79 Å². The van der Waals surface area contributed by atoms with Crippen molar-refractivity contribution in [2.75, 3.05) is 18.4 Å². The topological polar surface area (TPSA) is 71.3 Å².